The van der Waals surface area contributed by atoms with Crippen LogP contribution < -0.4 is 5.32 Å². The molecule has 2 heterocycles. The van der Waals surface area contributed by atoms with Gasteiger partial charge >= 0.3 is 0 Å². The van der Waals surface area contributed by atoms with Crippen LogP contribution in [0.2, 0.25) is 10.0 Å². The number of benzene rings is 1. The fraction of sp³-hybridized carbons (Fsp3) is 0.357. The predicted octanol–water partition coefficient (Wildman–Crippen LogP) is 2.72. The summed E-state index contributed by atoms with van der Waals surface area (Å²) in [6.07, 6.45) is 0. The molecule has 1 aromatic carbocycles. The predicted molar refractivity (Wildman–Crippen MR) is 83.3 cm³/mol. The number of nitrogens with zero attached hydrogens (tertiary/aromatic N) is 3. The smallest absolute Gasteiger partial charge is 0.238 e. The quantitative estimate of drug-likeness (QED) is 0.926. The first-order chi connectivity index (χ1) is 10.5. The third kappa shape index (κ3) is 3.40. The largest absolute Gasteiger partial charge is 0.339 e. The minimum absolute atomic E-state index is 0.0986. The van der Waals surface area contributed by atoms with Crippen molar-refractivity contribution in [1.82, 2.24) is 15.0 Å². The molecule has 1 fully saturated rings. The van der Waals surface area contributed by atoms with Crippen LogP contribution in [0.5, 0.6) is 0 Å². The Labute approximate surface area is 137 Å². The van der Waals surface area contributed by atoms with Crippen LogP contribution in [0, 0.1) is 6.92 Å². The van der Waals surface area contributed by atoms with E-state index in [1.807, 2.05) is 4.90 Å². The summed E-state index contributed by atoms with van der Waals surface area (Å²) < 4.78 is 5.13. The van der Waals surface area contributed by atoms with Gasteiger partial charge in [-0.2, -0.15) is 4.98 Å². The zero-order valence-corrected chi connectivity index (χ0v) is 13.4. The number of halogens is 2. The van der Waals surface area contributed by atoms with Crippen LogP contribution in [0.25, 0.3) is 0 Å². The Hall–Kier alpha value is -1.63. The molecule has 0 unspecified atom stereocenters. The van der Waals surface area contributed by atoms with Gasteiger partial charge in [0.05, 0.1) is 22.5 Å². The van der Waals surface area contributed by atoms with Gasteiger partial charge in [0.2, 0.25) is 11.8 Å². The van der Waals surface area contributed by atoms with Gasteiger partial charge in [0.15, 0.2) is 5.82 Å². The first kappa shape index (κ1) is 15.3. The maximum absolute atomic E-state index is 12.0. The molecule has 3 rings (SSSR count). The molecule has 1 aliphatic heterocycles. The molecule has 6 nitrogen and oxygen atoms in total. The Morgan fingerprint density at radius 1 is 1.41 bits per heavy atom. The monoisotopic (exact) mass is 340 g/mol. The number of anilines is 1. The van der Waals surface area contributed by atoms with Gasteiger partial charge < -0.3 is 9.84 Å². The highest BCUT2D eigenvalue weighted by molar-refractivity contribution is 6.42. The maximum atomic E-state index is 12.0. The number of aryl methyl sites for hydroxylation is 1. The van der Waals surface area contributed by atoms with Gasteiger partial charge in [0.25, 0.3) is 0 Å². The highest BCUT2D eigenvalue weighted by atomic mass is 35.5. The van der Waals surface area contributed by atoms with Gasteiger partial charge in [-0.05, 0) is 25.1 Å². The Balaban J connectivity index is 1.48. The Morgan fingerprint density at radius 3 is 2.82 bits per heavy atom. The van der Waals surface area contributed by atoms with Crippen LogP contribution in [0.3, 0.4) is 0 Å². The van der Waals surface area contributed by atoms with E-state index in [1.165, 1.54) is 0 Å². The van der Waals surface area contributed by atoms with E-state index < -0.39 is 0 Å². The van der Waals surface area contributed by atoms with Crippen molar-refractivity contribution in [3.05, 3.63) is 40.0 Å². The van der Waals surface area contributed by atoms with Crippen LogP contribution in [0.1, 0.15) is 17.6 Å². The molecule has 1 aromatic heterocycles. The van der Waals surface area contributed by atoms with Crippen molar-refractivity contribution in [2.45, 2.75) is 12.8 Å². The SMILES string of the molecule is Cc1noc(C2CN(CC(=O)Nc3ccc(Cl)c(Cl)c3)C2)n1. The van der Waals surface area contributed by atoms with Crippen LogP contribution in [-0.2, 0) is 4.79 Å². The molecule has 8 heteroatoms. The van der Waals surface area contributed by atoms with Crippen molar-refractivity contribution < 1.29 is 9.32 Å². The van der Waals surface area contributed by atoms with Crippen LogP contribution >= 0.6 is 23.2 Å². The zero-order valence-electron chi connectivity index (χ0n) is 11.8. The highest BCUT2D eigenvalue weighted by Crippen LogP contribution is 2.26. The molecule has 116 valence electrons. The van der Waals surface area contributed by atoms with E-state index in [9.17, 15) is 4.79 Å². The number of rotatable bonds is 4. The minimum Gasteiger partial charge on any atom is -0.339 e. The Kier molecular flexibility index (Phi) is 4.33. The number of hydrogen-bond donors (Lipinski definition) is 1. The number of aromatic nitrogens is 2. The normalized spacial score (nSPS) is 15.6. The molecule has 22 heavy (non-hydrogen) atoms. The summed E-state index contributed by atoms with van der Waals surface area (Å²) in [5.74, 6) is 1.38. The van der Waals surface area contributed by atoms with Gasteiger partial charge in [-0.3, -0.25) is 9.69 Å². The molecular formula is C14H14Cl2N4O2. The molecule has 0 aliphatic carbocycles. The summed E-state index contributed by atoms with van der Waals surface area (Å²) in [6.45, 7) is 3.56. The molecule has 0 radical (unpaired) electrons. The van der Waals surface area contributed by atoms with Crippen molar-refractivity contribution in [1.29, 1.82) is 0 Å². The zero-order chi connectivity index (χ0) is 15.7. The van der Waals surface area contributed by atoms with Crippen LogP contribution in [-0.4, -0.2) is 40.6 Å². The number of carbonyl (C=O) groups excluding carboxylic acids is 1. The van der Waals surface area contributed by atoms with E-state index >= 15 is 0 Å². The summed E-state index contributed by atoms with van der Waals surface area (Å²) in [7, 11) is 0. The standard InChI is InChI=1S/C14H14Cl2N4O2/c1-8-17-14(22-19-8)9-5-20(6-9)7-13(21)18-10-2-3-11(15)12(16)4-10/h2-4,9H,5-7H2,1H3,(H,18,21). The lowest BCUT2D eigenvalue weighted by Gasteiger charge is -2.36. The lowest BCUT2D eigenvalue weighted by atomic mass is 10.0. The Morgan fingerprint density at radius 2 is 2.18 bits per heavy atom. The van der Waals surface area contributed by atoms with Crippen molar-refractivity contribution in [3.63, 3.8) is 0 Å². The lowest BCUT2D eigenvalue weighted by molar-refractivity contribution is -0.118. The maximum Gasteiger partial charge on any atom is 0.238 e. The van der Waals surface area contributed by atoms with Crippen LogP contribution in [0.15, 0.2) is 22.7 Å². The van der Waals surface area contributed by atoms with Gasteiger partial charge in [-0.15, -0.1) is 0 Å². The summed E-state index contributed by atoms with van der Waals surface area (Å²) in [5.41, 5.74) is 0.629. The van der Waals surface area contributed by atoms with Crippen LogP contribution in [0.4, 0.5) is 5.69 Å². The highest BCUT2D eigenvalue weighted by Gasteiger charge is 2.33. The first-order valence-corrected chi connectivity index (χ1v) is 7.54. The fourth-order valence-electron chi connectivity index (χ4n) is 2.31. The van der Waals surface area contributed by atoms with Gasteiger partial charge in [0, 0.05) is 18.8 Å². The number of nitrogens with one attached hydrogen (secondary N) is 1. The molecule has 0 spiro atoms. The molecule has 0 saturated carbocycles. The fourth-order valence-corrected chi connectivity index (χ4v) is 2.61. The topological polar surface area (TPSA) is 71.3 Å². The van der Waals surface area contributed by atoms with E-state index in [0.29, 0.717) is 34.0 Å². The molecule has 1 N–H and O–H groups in total. The molecule has 1 amide bonds. The van der Waals surface area contributed by atoms with Gasteiger partial charge in [0.1, 0.15) is 0 Å². The summed E-state index contributed by atoms with van der Waals surface area (Å²) in [4.78, 5) is 18.2. The summed E-state index contributed by atoms with van der Waals surface area (Å²) >= 11 is 11.7. The van der Waals surface area contributed by atoms with E-state index in [2.05, 4.69) is 15.5 Å². The minimum atomic E-state index is -0.0986. The lowest BCUT2D eigenvalue weighted by Crippen LogP contribution is -2.48. The second-order valence-electron chi connectivity index (χ2n) is 5.25. The summed E-state index contributed by atoms with van der Waals surface area (Å²) in [6, 6.07) is 4.99. The van der Waals surface area contributed by atoms with Crippen molar-refractivity contribution in [3.8, 4) is 0 Å². The first-order valence-electron chi connectivity index (χ1n) is 6.79. The van der Waals surface area contributed by atoms with Gasteiger partial charge in [-0.1, -0.05) is 28.4 Å². The van der Waals surface area contributed by atoms with E-state index in [4.69, 9.17) is 27.7 Å². The van der Waals surface area contributed by atoms with E-state index in [-0.39, 0.29) is 11.8 Å². The molecule has 2 aromatic rings. The molecule has 1 saturated heterocycles. The number of amides is 1. The van der Waals surface area contributed by atoms with Crippen molar-refractivity contribution >= 4 is 34.8 Å². The Bertz CT molecular complexity index is 698. The number of likely N-dealkylation sites (tertiary alicyclic amines) is 1. The average molecular weight is 341 g/mol. The number of hydrogen-bond acceptors (Lipinski definition) is 5. The second-order valence-corrected chi connectivity index (χ2v) is 6.06. The molecular weight excluding hydrogens is 327 g/mol. The van der Waals surface area contributed by atoms with Crippen molar-refractivity contribution in [2.75, 3.05) is 25.0 Å². The second kappa shape index (κ2) is 6.24. The van der Waals surface area contributed by atoms with E-state index in [0.717, 1.165) is 13.1 Å². The van der Waals surface area contributed by atoms with E-state index in [1.54, 1.807) is 25.1 Å². The third-order valence-electron chi connectivity index (χ3n) is 3.42. The average Bonchev–Trinajstić information content (AvgIpc) is 2.84. The third-order valence-corrected chi connectivity index (χ3v) is 4.16. The molecule has 0 bridgehead atoms. The molecule has 0 atom stereocenters. The van der Waals surface area contributed by atoms with Crippen molar-refractivity contribution in [2.24, 2.45) is 0 Å². The number of carbonyl (C=O) groups is 1. The van der Waals surface area contributed by atoms with Gasteiger partial charge in [-0.25, -0.2) is 0 Å². The summed E-state index contributed by atoms with van der Waals surface area (Å²) in [5, 5.41) is 7.43. The molecule has 1 aliphatic rings.